The van der Waals surface area contributed by atoms with Crippen LogP contribution in [-0.2, 0) is 0 Å². The first-order valence-electron chi connectivity index (χ1n) is 7.14. The molecule has 3 nitrogen and oxygen atoms in total. The molecule has 0 aliphatic heterocycles. The minimum atomic E-state index is 0.163. The van der Waals surface area contributed by atoms with Gasteiger partial charge < -0.3 is 14.8 Å². The first kappa shape index (κ1) is 13.7. The topological polar surface area (TPSA) is 45.2 Å². The summed E-state index contributed by atoms with van der Waals surface area (Å²) in [5.41, 5.74) is 3.50. The fourth-order valence-corrected chi connectivity index (χ4v) is 2.85. The predicted molar refractivity (Wildman–Crippen MR) is 84.8 cm³/mol. The number of fused-ring (bicyclic) bond motifs is 1. The molecule has 0 aliphatic rings. The molecule has 0 aliphatic carbocycles. The highest BCUT2D eigenvalue weighted by atomic mass is 16.5. The highest BCUT2D eigenvalue weighted by molar-refractivity contribution is 5.85. The molecule has 21 heavy (non-hydrogen) atoms. The smallest absolute Gasteiger partial charge is 0.119 e. The van der Waals surface area contributed by atoms with Crippen molar-refractivity contribution >= 4 is 10.9 Å². The van der Waals surface area contributed by atoms with Gasteiger partial charge in [0.15, 0.2) is 0 Å². The quantitative estimate of drug-likeness (QED) is 0.749. The predicted octanol–water partition coefficient (Wildman–Crippen LogP) is 3.69. The molecular weight excluding hydrogens is 262 g/mol. The van der Waals surface area contributed by atoms with E-state index in [0.29, 0.717) is 6.42 Å². The molecular formula is C18H19NO2. The summed E-state index contributed by atoms with van der Waals surface area (Å²) >= 11 is 0. The van der Waals surface area contributed by atoms with Crippen molar-refractivity contribution < 1.29 is 9.84 Å². The molecule has 0 radical (unpaired) electrons. The minimum absolute atomic E-state index is 0.163. The van der Waals surface area contributed by atoms with Crippen molar-refractivity contribution in [1.82, 2.24) is 4.98 Å². The molecule has 3 rings (SSSR count). The van der Waals surface area contributed by atoms with Gasteiger partial charge in [0.2, 0.25) is 0 Å². The van der Waals surface area contributed by atoms with Crippen LogP contribution >= 0.6 is 0 Å². The van der Waals surface area contributed by atoms with Gasteiger partial charge in [-0.25, -0.2) is 0 Å². The fraction of sp³-hybridized carbons (Fsp3) is 0.222. The van der Waals surface area contributed by atoms with E-state index in [1.165, 1.54) is 11.1 Å². The van der Waals surface area contributed by atoms with Gasteiger partial charge in [0, 0.05) is 29.6 Å². The maximum Gasteiger partial charge on any atom is 0.119 e. The number of nitrogens with one attached hydrogen (secondary N) is 1. The third kappa shape index (κ3) is 2.65. The van der Waals surface area contributed by atoms with Crippen LogP contribution in [0.1, 0.15) is 23.5 Å². The Balaban J connectivity index is 2.11. The zero-order chi connectivity index (χ0) is 14.7. The van der Waals surface area contributed by atoms with Crippen molar-refractivity contribution in [3.63, 3.8) is 0 Å². The maximum absolute atomic E-state index is 9.43. The van der Waals surface area contributed by atoms with Gasteiger partial charge in [-0.1, -0.05) is 30.3 Å². The average molecular weight is 281 g/mol. The first-order chi connectivity index (χ1) is 10.3. The molecule has 108 valence electrons. The standard InChI is InChI=1S/C18H19NO2/c1-21-14-7-8-18-16(11-14)17(12-19-18)15(9-10-20)13-5-3-2-4-6-13/h2-8,11-12,15,19-20H,9-10H2,1H3. The van der Waals surface area contributed by atoms with Gasteiger partial charge in [-0.15, -0.1) is 0 Å². The Hall–Kier alpha value is -2.26. The fourth-order valence-electron chi connectivity index (χ4n) is 2.85. The van der Waals surface area contributed by atoms with Crippen LogP contribution in [0.15, 0.2) is 54.7 Å². The summed E-state index contributed by atoms with van der Waals surface area (Å²) in [5, 5.41) is 10.6. The van der Waals surface area contributed by atoms with Crippen molar-refractivity contribution in [2.45, 2.75) is 12.3 Å². The van der Waals surface area contributed by atoms with Crippen LogP contribution in [0.4, 0.5) is 0 Å². The van der Waals surface area contributed by atoms with E-state index in [4.69, 9.17) is 4.74 Å². The molecule has 0 spiro atoms. The normalized spacial score (nSPS) is 12.5. The summed E-state index contributed by atoms with van der Waals surface area (Å²) in [6, 6.07) is 16.3. The summed E-state index contributed by atoms with van der Waals surface area (Å²) in [5.74, 6) is 1.02. The van der Waals surface area contributed by atoms with Gasteiger partial charge in [-0.2, -0.15) is 0 Å². The number of hydrogen-bond acceptors (Lipinski definition) is 2. The van der Waals surface area contributed by atoms with Crippen molar-refractivity contribution in [1.29, 1.82) is 0 Å². The third-order valence-electron chi connectivity index (χ3n) is 3.92. The zero-order valence-electron chi connectivity index (χ0n) is 12.0. The first-order valence-corrected chi connectivity index (χ1v) is 7.14. The number of aromatic amines is 1. The number of hydrogen-bond donors (Lipinski definition) is 2. The van der Waals surface area contributed by atoms with Crippen LogP contribution in [0.25, 0.3) is 10.9 Å². The van der Waals surface area contributed by atoms with Crippen molar-refractivity contribution in [2.75, 3.05) is 13.7 Å². The monoisotopic (exact) mass is 281 g/mol. The van der Waals surface area contributed by atoms with E-state index in [1.54, 1.807) is 7.11 Å². The molecule has 1 heterocycles. The molecule has 3 aromatic rings. The lowest BCUT2D eigenvalue weighted by atomic mass is 9.88. The van der Waals surface area contributed by atoms with Gasteiger partial charge in [-0.3, -0.25) is 0 Å². The highest BCUT2D eigenvalue weighted by Crippen LogP contribution is 2.34. The molecule has 2 aromatic carbocycles. The molecule has 2 N–H and O–H groups in total. The van der Waals surface area contributed by atoms with E-state index in [0.717, 1.165) is 16.7 Å². The lowest BCUT2D eigenvalue weighted by Crippen LogP contribution is -2.03. The summed E-state index contributed by atoms with van der Waals surface area (Å²) in [7, 11) is 1.68. The molecule has 0 fully saturated rings. The zero-order valence-corrected chi connectivity index (χ0v) is 12.0. The third-order valence-corrected chi connectivity index (χ3v) is 3.92. The van der Waals surface area contributed by atoms with E-state index < -0.39 is 0 Å². The molecule has 3 heteroatoms. The Morgan fingerprint density at radius 1 is 1.14 bits per heavy atom. The molecule has 1 unspecified atom stereocenters. The minimum Gasteiger partial charge on any atom is -0.497 e. The summed E-state index contributed by atoms with van der Waals surface area (Å²) in [4.78, 5) is 3.31. The van der Waals surface area contributed by atoms with Crippen LogP contribution < -0.4 is 4.74 Å². The molecule has 0 saturated heterocycles. The SMILES string of the molecule is COc1ccc2[nH]cc(C(CCO)c3ccccc3)c2c1. The van der Waals surface area contributed by atoms with E-state index in [-0.39, 0.29) is 12.5 Å². The van der Waals surface area contributed by atoms with E-state index in [2.05, 4.69) is 23.2 Å². The number of rotatable bonds is 5. The van der Waals surface area contributed by atoms with E-state index >= 15 is 0 Å². The van der Waals surface area contributed by atoms with Gasteiger partial charge in [0.05, 0.1) is 7.11 Å². The number of aliphatic hydroxyl groups excluding tert-OH is 1. The second-order valence-corrected chi connectivity index (χ2v) is 5.13. The number of methoxy groups -OCH3 is 1. The molecule has 1 atom stereocenters. The number of aromatic nitrogens is 1. The lowest BCUT2D eigenvalue weighted by molar-refractivity contribution is 0.282. The summed E-state index contributed by atoms with van der Waals surface area (Å²) in [6.45, 7) is 0.163. The van der Waals surface area contributed by atoms with Crippen molar-refractivity contribution in [2.24, 2.45) is 0 Å². The van der Waals surface area contributed by atoms with Crippen LogP contribution in [0.5, 0.6) is 5.75 Å². The molecule has 1 aromatic heterocycles. The Bertz CT molecular complexity index is 718. The van der Waals surface area contributed by atoms with E-state index in [1.807, 2.05) is 36.5 Å². The van der Waals surface area contributed by atoms with Crippen molar-refractivity contribution in [3.8, 4) is 5.75 Å². The second-order valence-electron chi connectivity index (χ2n) is 5.13. The Morgan fingerprint density at radius 2 is 1.95 bits per heavy atom. The number of aliphatic hydroxyl groups is 1. The lowest BCUT2D eigenvalue weighted by Gasteiger charge is -2.16. The van der Waals surface area contributed by atoms with Crippen LogP contribution in [0.2, 0.25) is 0 Å². The number of H-pyrrole nitrogens is 1. The van der Waals surface area contributed by atoms with E-state index in [9.17, 15) is 5.11 Å². The molecule has 0 saturated carbocycles. The number of benzene rings is 2. The number of ether oxygens (including phenoxy) is 1. The van der Waals surface area contributed by atoms with Crippen LogP contribution in [0.3, 0.4) is 0 Å². The van der Waals surface area contributed by atoms with Crippen LogP contribution in [-0.4, -0.2) is 23.8 Å². The van der Waals surface area contributed by atoms with Gasteiger partial charge in [0.25, 0.3) is 0 Å². The van der Waals surface area contributed by atoms with Gasteiger partial charge >= 0.3 is 0 Å². The van der Waals surface area contributed by atoms with Gasteiger partial charge in [0.1, 0.15) is 5.75 Å². The summed E-state index contributed by atoms with van der Waals surface area (Å²) < 4.78 is 5.33. The van der Waals surface area contributed by atoms with Crippen LogP contribution in [0, 0.1) is 0 Å². The van der Waals surface area contributed by atoms with Gasteiger partial charge in [-0.05, 0) is 35.7 Å². The Labute approximate surface area is 124 Å². The maximum atomic E-state index is 9.43. The largest absolute Gasteiger partial charge is 0.497 e. The average Bonchev–Trinajstić information content (AvgIpc) is 2.96. The Kier molecular flexibility index (Phi) is 3.93. The summed E-state index contributed by atoms with van der Waals surface area (Å²) in [6.07, 6.45) is 2.74. The molecule has 0 bridgehead atoms. The highest BCUT2D eigenvalue weighted by Gasteiger charge is 2.17. The molecule has 0 amide bonds. The van der Waals surface area contributed by atoms with Crippen molar-refractivity contribution in [3.05, 3.63) is 65.9 Å². The Morgan fingerprint density at radius 3 is 2.67 bits per heavy atom. The second kappa shape index (κ2) is 6.02.